The summed E-state index contributed by atoms with van der Waals surface area (Å²) in [4.78, 5) is 22.2. The van der Waals surface area contributed by atoms with Crippen molar-refractivity contribution in [2.75, 3.05) is 33.2 Å². The summed E-state index contributed by atoms with van der Waals surface area (Å²) in [6, 6.07) is 2.54. The van der Waals surface area contributed by atoms with Gasteiger partial charge in [0.2, 0.25) is 5.91 Å². The largest absolute Gasteiger partial charge is 0.370 e. The highest BCUT2D eigenvalue weighted by molar-refractivity contribution is 5.80. The number of likely N-dealkylation sites (tertiary alicyclic amines) is 2. The lowest BCUT2D eigenvalue weighted by Crippen LogP contribution is -2.46. The molecule has 3 heterocycles. The standard InChI is InChI=1S/C23H31N5O/c1-16-13-28(14-19(16)22(29)26-17-7-11-27(3)12-8-17)20-6-9-23(2,15-24)21-18(20)5-4-10-25-21/h4-6,9-10,16-17,19,21H,7-8,11-14H2,1-3H3,(H,26,29)/t16-,19-,21?,23?/m1/s1. The van der Waals surface area contributed by atoms with Crippen molar-refractivity contribution in [1.82, 2.24) is 15.1 Å². The van der Waals surface area contributed by atoms with E-state index in [1.807, 2.05) is 19.1 Å². The second-order valence-electron chi connectivity index (χ2n) is 9.20. The third-order valence-corrected chi connectivity index (χ3v) is 6.94. The molecule has 3 aliphatic heterocycles. The summed E-state index contributed by atoms with van der Waals surface area (Å²) in [5, 5.41) is 13.0. The summed E-state index contributed by atoms with van der Waals surface area (Å²) >= 11 is 0. The van der Waals surface area contributed by atoms with Crippen LogP contribution >= 0.6 is 0 Å². The molecule has 0 aromatic rings. The van der Waals surface area contributed by atoms with Crippen molar-refractivity contribution in [2.45, 2.75) is 38.8 Å². The molecule has 29 heavy (non-hydrogen) atoms. The molecule has 0 saturated carbocycles. The molecule has 4 aliphatic rings. The number of nitrogens with zero attached hydrogens (tertiary/aromatic N) is 4. The Kier molecular flexibility index (Phi) is 5.35. The monoisotopic (exact) mass is 393 g/mol. The summed E-state index contributed by atoms with van der Waals surface area (Å²) < 4.78 is 0. The van der Waals surface area contributed by atoms with E-state index >= 15 is 0 Å². The van der Waals surface area contributed by atoms with Gasteiger partial charge in [-0.05, 0) is 58.0 Å². The van der Waals surface area contributed by atoms with Gasteiger partial charge in [0.25, 0.3) is 0 Å². The van der Waals surface area contributed by atoms with Crippen molar-refractivity contribution in [2.24, 2.45) is 22.2 Å². The number of allylic oxidation sites excluding steroid dienone is 2. The highest BCUT2D eigenvalue weighted by Crippen LogP contribution is 2.40. The molecule has 154 valence electrons. The molecular weight excluding hydrogens is 362 g/mol. The van der Waals surface area contributed by atoms with Crippen LogP contribution in [0.3, 0.4) is 0 Å². The molecule has 6 nitrogen and oxygen atoms in total. The average Bonchev–Trinajstić information content (AvgIpc) is 3.11. The average molecular weight is 394 g/mol. The van der Waals surface area contributed by atoms with Crippen LogP contribution < -0.4 is 5.32 Å². The number of rotatable bonds is 3. The van der Waals surface area contributed by atoms with Gasteiger partial charge in [0.05, 0.1) is 23.4 Å². The van der Waals surface area contributed by atoms with Crippen LogP contribution in [0.5, 0.6) is 0 Å². The molecule has 0 spiro atoms. The number of piperidine rings is 1. The Morgan fingerprint density at radius 3 is 2.79 bits per heavy atom. The van der Waals surface area contributed by atoms with Crippen molar-refractivity contribution < 1.29 is 4.79 Å². The van der Waals surface area contributed by atoms with Crippen LogP contribution in [0.4, 0.5) is 0 Å². The van der Waals surface area contributed by atoms with Crippen LogP contribution in [-0.2, 0) is 4.79 Å². The third kappa shape index (κ3) is 3.76. The van der Waals surface area contributed by atoms with Crippen LogP contribution in [0.15, 0.2) is 40.6 Å². The molecule has 4 rings (SSSR count). The molecular formula is C23H31N5O. The minimum atomic E-state index is -0.629. The zero-order chi connectivity index (χ0) is 20.6. The first-order valence-electron chi connectivity index (χ1n) is 10.7. The number of aliphatic imine (C=N–C) groups is 1. The van der Waals surface area contributed by atoms with E-state index < -0.39 is 5.41 Å². The van der Waals surface area contributed by atoms with Gasteiger partial charge in [0, 0.05) is 36.6 Å². The second kappa shape index (κ2) is 7.79. The number of nitriles is 1. The fourth-order valence-corrected chi connectivity index (χ4v) is 4.95. The summed E-state index contributed by atoms with van der Waals surface area (Å²) in [5.74, 6) is 0.479. The molecule has 4 atom stereocenters. The zero-order valence-electron chi connectivity index (χ0n) is 17.6. The number of amides is 1. The molecule has 2 saturated heterocycles. The minimum Gasteiger partial charge on any atom is -0.370 e. The summed E-state index contributed by atoms with van der Waals surface area (Å²) in [5.41, 5.74) is 1.57. The first-order valence-corrected chi connectivity index (χ1v) is 10.7. The van der Waals surface area contributed by atoms with E-state index in [0.29, 0.717) is 12.0 Å². The maximum atomic E-state index is 13.0. The number of dihydropyridines is 1. The van der Waals surface area contributed by atoms with Crippen LogP contribution in [0, 0.1) is 28.6 Å². The van der Waals surface area contributed by atoms with Gasteiger partial charge in [0.1, 0.15) is 0 Å². The quantitative estimate of drug-likeness (QED) is 0.797. The molecule has 0 aromatic heterocycles. The van der Waals surface area contributed by atoms with Crippen molar-refractivity contribution in [3.8, 4) is 6.07 Å². The van der Waals surface area contributed by atoms with E-state index in [4.69, 9.17) is 0 Å². The molecule has 1 aliphatic carbocycles. The van der Waals surface area contributed by atoms with Crippen LogP contribution in [0.1, 0.15) is 26.7 Å². The highest BCUT2D eigenvalue weighted by atomic mass is 16.2. The lowest BCUT2D eigenvalue weighted by Gasteiger charge is -2.36. The van der Waals surface area contributed by atoms with Gasteiger partial charge in [-0.25, -0.2) is 0 Å². The van der Waals surface area contributed by atoms with Gasteiger partial charge in [-0.3, -0.25) is 9.79 Å². The molecule has 1 amide bonds. The maximum absolute atomic E-state index is 13.0. The Morgan fingerprint density at radius 2 is 2.07 bits per heavy atom. The van der Waals surface area contributed by atoms with E-state index in [1.54, 1.807) is 6.21 Å². The first kappa shape index (κ1) is 19.9. The van der Waals surface area contributed by atoms with E-state index in [1.165, 1.54) is 0 Å². The van der Waals surface area contributed by atoms with Gasteiger partial charge < -0.3 is 15.1 Å². The summed E-state index contributed by atoms with van der Waals surface area (Å²) in [6.07, 6.45) is 11.9. The molecule has 0 radical (unpaired) electrons. The molecule has 2 unspecified atom stereocenters. The van der Waals surface area contributed by atoms with E-state index in [-0.39, 0.29) is 17.9 Å². The number of hydrogen-bond acceptors (Lipinski definition) is 5. The highest BCUT2D eigenvalue weighted by Gasteiger charge is 2.42. The number of carbonyl (C=O) groups excluding carboxylic acids is 1. The smallest absolute Gasteiger partial charge is 0.225 e. The lowest BCUT2D eigenvalue weighted by molar-refractivity contribution is -0.126. The minimum absolute atomic E-state index is 0.00467. The van der Waals surface area contributed by atoms with Crippen molar-refractivity contribution >= 4 is 12.1 Å². The normalized spacial score (nSPS) is 35.0. The van der Waals surface area contributed by atoms with Crippen LogP contribution in [-0.4, -0.2) is 67.2 Å². The van der Waals surface area contributed by atoms with Crippen LogP contribution in [0.25, 0.3) is 0 Å². The Labute approximate surface area is 173 Å². The van der Waals surface area contributed by atoms with E-state index in [9.17, 15) is 10.1 Å². The van der Waals surface area contributed by atoms with Gasteiger partial charge in [-0.2, -0.15) is 5.26 Å². The van der Waals surface area contributed by atoms with Crippen molar-refractivity contribution in [3.05, 3.63) is 35.6 Å². The Balaban J connectivity index is 1.48. The Bertz CT molecular complexity index is 827. The Morgan fingerprint density at radius 1 is 1.31 bits per heavy atom. The van der Waals surface area contributed by atoms with E-state index in [0.717, 1.165) is 50.3 Å². The topological polar surface area (TPSA) is 71.7 Å². The summed E-state index contributed by atoms with van der Waals surface area (Å²) in [6.45, 7) is 7.77. The molecule has 1 N–H and O–H groups in total. The van der Waals surface area contributed by atoms with Gasteiger partial charge in [-0.15, -0.1) is 0 Å². The molecule has 6 heteroatoms. The maximum Gasteiger partial charge on any atom is 0.225 e. The van der Waals surface area contributed by atoms with Gasteiger partial charge in [0.15, 0.2) is 0 Å². The predicted octanol–water partition coefficient (Wildman–Crippen LogP) is 2.13. The zero-order valence-corrected chi connectivity index (χ0v) is 17.6. The third-order valence-electron chi connectivity index (χ3n) is 6.94. The second-order valence-corrected chi connectivity index (χ2v) is 9.20. The van der Waals surface area contributed by atoms with Gasteiger partial charge in [-0.1, -0.05) is 19.1 Å². The Hall–Kier alpha value is -2.39. The lowest BCUT2D eigenvalue weighted by atomic mass is 9.75. The van der Waals surface area contributed by atoms with Crippen molar-refractivity contribution in [1.29, 1.82) is 5.26 Å². The van der Waals surface area contributed by atoms with Crippen molar-refractivity contribution in [3.63, 3.8) is 0 Å². The number of nitrogens with one attached hydrogen (secondary N) is 1. The van der Waals surface area contributed by atoms with E-state index in [2.05, 4.69) is 52.3 Å². The first-order chi connectivity index (χ1) is 13.9. The number of carbonyl (C=O) groups is 1. The fourth-order valence-electron chi connectivity index (χ4n) is 4.95. The predicted molar refractivity (Wildman–Crippen MR) is 114 cm³/mol. The SMILES string of the molecule is C[C@@H]1CN(C2=C3C=CC=NC3C(C)(C#N)C=C2)C[C@H]1C(=O)NC1CCN(C)CC1. The molecule has 0 aromatic carbocycles. The fraction of sp³-hybridized carbons (Fsp3) is 0.609. The molecule has 2 fully saturated rings. The van der Waals surface area contributed by atoms with Crippen LogP contribution in [0.2, 0.25) is 0 Å². The van der Waals surface area contributed by atoms with Gasteiger partial charge >= 0.3 is 0 Å². The number of hydrogen-bond donors (Lipinski definition) is 1. The number of fused-ring (bicyclic) bond motifs is 1. The summed E-state index contributed by atoms with van der Waals surface area (Å²) in [7, 11) is 2.13. The molecule has 0 bridgehead atoms.